The molecule has 0 unspecified atom stereocenters. The van der Waals surface area contributed by atoms with Gasteiger partial charge in [-0.2, -0.15) is 0 Å². The molecule has 0 aliphatic carbocycles. The van der Waals surface area contributed by atoms with Gasteiger partial charge in [0.1, 0.15) is 11.5 Å². The molecule has 0 heterocycles. The van der Waals surface area contributed by atoms with Gasteiger partial charge in [-0.05, 0) is 18.2 Å². The molecule has 0 spiro atoms. The summed E-state index contributed by atoms with van der Waals surface area (Å²) in [6.45, 7) is 0. The van der Waals surface area contributed by atoms with Crippen LogP contribution in [0, 0.1) is 0 Å². The fourth-order valence-corrected chi connectivity index (χ4v) is 2.52. The summed E-state index contributed by atoms with van der Waals surface area (Å²) in [5.41, 5.74) is 2.44. The molecule has 0 aliphatic rings. The molecule has 4 nitrogen and oxygen atoms in total. The first-order chi connectivity index (χ1) is 11.1. The number of benzene rings is 2. The maximum Gasteiger partial charge on any atom is 0.119 e. The average molecular weight is 350 g/mol. The third-order valence-corrected chi connectivity index (χ3v) is 3.72. The predicted molar refractivity (Wildman–Crippen MR) is 96.8 cm³/mol. The summed E-state index contributed by atoms with van der Waals surface area (Å²) in [7, 11) is 3.74. The minimum absolute atomic E-state index is 0.270. The van der Waals surface area contributed by atoms with Crippen molar-refractivity contribution in [3.63, 3.8) is 0 Å². The first kappa shape index (κ1) is 17.3. The van der Waals surface area contributed by atoms with Gasteiger partial charge < -0.3 is 10.1 Å². The van der Waals surface area contributed by atoms with Crippen molar-refractivity contribution >= 4 is 40.4 Å². The summed E-state index contributed by atoms with van der Waals surface area (Å²) < 4.78 is 0. The van der Waals surface area contributed by atoms with E-state index in [0.717, 1.165) is 5.56 Å². The number of hydrogen-bond acceptors (Lipinski definition) is 3. The lowest BCUT2D eigenvalue weighted by Crippen LogP contribution is -2.23. The molecule has 0 aliphatic heterocycles. The Morgan fingerprint density at radius 1 is 1.13 bits per heavy atom. The van der Waals surface area contributed by atoms with Crippen molar-refractivity contribution in [3.05, 3.63) is 64.7 Å². The van der Waals surface area contributed by atoms with Gasteiger partial charge in [-0.25, -0.2) is 4.99 Å². The van der Waals surface area contributed by atoms with Gasteiger partial charge in [-0.1, -0.05) is 47.1 Å². The molecule has 2 rings (SSSR count). The fourth-order valence-electron chi connectivity index (χ4n) is 2.05. The lowest BCUT2D eigenvalue weighted by atomic mass is 10.0. The summed E-state index contributed by atoms with van der Waals surface area (Å²) >= 11 is 12.1. The highest BCUT2D eigenvalue weighted by atomic mass is 35.5. The number of nitrogens with zero attached hydrogens (tertiary/aromatic N) is 3. The van der Waals surface area contributed by atoms with E-state index < -0.39 is 0 Å². The normalized spacial score (nSPS) is 12.3. The number of hydrogen-bond donors (Lipinski definition) is 1. The Morgan fingerprint density at radius 2 is 1.83 bits per heavy atom. The first-order valence-electron chi connectivity index (χ1n) is 6.95. The van der Waals surface area contributed by atoms with Crippen LogP contribution in [0.2, 0.25) is 5.02 Å². The molecule has 1 N–H and O–H groups in total. The van der Waals surface area contributed by atoms with E-state index in [1.165, 1.54) is 0 Å². The zero-order valence-corrected chi connectivity index (χ0v) is 14.4. The van der Waals surface area contributed by atoms with Crippen molar-refractivity contribution in [2.45, 2.75) is 0 Å². The van der Waals surface area contributed by atoms with E-state index in [2.05, 4.69) is 10.1 Å². The van der Waals surface area contributed by atoms with Crippen LogP contribution < -0.4 is 0 Å². The van der Waals surface area contributed by atoms with E-state index >= 15 is 0 Å². The summed E-state index contributed by atoms with van der Waals surface area (Å²) in [6.07, 6.45) is 0. The lowest BCUT2D eigenvalue weighted by Gasteiger charge is -2.15. The number of rotatable bonds is 4. The van der Waals surface area contributed by atoms with Crippen LogP contribution in [0.4, 0.5) is 5.69 Å². The lowest BCUT2D eigenvalue weighted by molar-refractivity contribution is 0.319. The van der Waals surface area contributed by atoms with Crippen molar-refractivity contribution < 1.29 is 5.21 Å². The predicted octanol–water partition coefficient (Wildman–Crippen LogP) is 4.40. The monoisotopic (exact) mass is 349 g/mol. The van der Waals surface area contributed by atoms with Gasteiger partial charge >= 0.3 is 0 Å². The quantitative estimate of drug-likeness (QED) is 0.292. The van der Waals surface area contributed by atoms with Crippen molar-refractivity contribution in [2.24, 2.45) is 10.1 Å². The van der Waals surface area contributed by atoms with Crippen LogP contribution in [0.3, 0.4) is 0 Å². The van der Waals surface area contributed by atoms with Crippen molar-refractivity contribution in [1.29, 1.82) is 0 Å². The maximum atomic E-state index is 9.51. The van der Waals surface area contributed by atoms with Crippen molar-refractivity contribution in [2.75, 3.05) is 20.0 Å². The van der Waals surface area contributed by atoms with Gasteiger partial charge in [-0.3, -0.25) is 0 Å². The second kappa shape index (κ2) is 7.99. The third kappa shape index (κ3) is 4.24. The highest BCUT2D eigenvalue weighted by Crippen LogP contribution is 2.27. The topological polar surface area (TPSA) is 48.2 Å². The van der Waals surface area contributed by atoms with E-state index in [-0.39, 0.29) is 5.88 Å². The van der Waals surface area contributed by atoms with Gasteiger partial charge in [0, 0.05) is 30.2 Å². The van der Waals surface area contributed by atoms with Gasteiger partial charge in [0.2, 0.25) is 0 Å². The largest absolute Gasteiger partial charge is 0.410 e. The first-order valence-corrected chi connectivity index (χ1v) is 7.86. The Kier molecular flexibility index (Phi) is 6.02. The van der Waals surface area contributed by atoms with Crippen LogP contribution in [-0.4, -0.2) is 41.6 Å². The molecule has 0 atom stereocenters. The van der Waals surface area contributed by atoms with E-state index in [1.807, 2.05) is 49.3 Å². The summed E-state index contributed by atoms with van der Waals surface area (Å²) in [5.74, 6) is 0.965. The van der Waals surface area contributed by atoms with Gasteiger partial charge in [-0.15, -0.1) is 11.6 Å². The molecule has 2 aromatic rings. The molecule has 0 bridgehead atoms. The van der Waals surface area contributed by atoms with Crippen LogP contribution in [0.25, 0.3) is 0 Å². The Balaban J connectivity index is 2.60. The number of oxime groups is 1. The Bertz CT molecular complexity index is 728. The maximum absolute atomic E-state index is 9.51. The second-order valence-corrected chi connectivity index (χ2v) is 5.74. The standard InChI is InChI=1S/C17H17Cl2N3O/c1-22(2)16(11-18)20-15-9-8-13(19)10-14(15)17(21-23)12-6-4-3-5-7-12/h3-10,23H,11H2,1-2H3/b20-16?,21-17+. The smallest absolute Gasteiger partial charge is 0.119 e. The molecule has 0 fully saturated rings. The van der Waals surface area contributed by atoms with E-state index in [1.54, 1.807) is 18.2 Å². The highest BCUT2D eigenvalue weighted by molar-refractivity contribution is 6.31. The average Bonchev–Trinajstić information content (AvgIpc) is 2.55. The molecular formula is C17H17Cl2N3O. The molecule has 6 heteroatoms. The number of aliphatic imine (C=N–C) groups is 1. The number of amidine groups is 1. The van der Waals surface area contributed by atoms with Crippen LogP contribution in [-0.2, 0) is 0 Å². The Morgan fingerprint density at radius 3 is 2.39 bits per heavy atom. The summed E-state index contributed by atoms with van der Waals surface area (Å²) in [4.78, 5) is 6.41. The van der Waals surface area contributed by atoms with Crippen LogP contribution in [0.1, 0.15) is 11.1 Å². The second-order valence-electron chi connectivity index (χ2n) is 5.03. The molecule has 0 radical (unpaired) electrons. The summed E-state index contributed by atoms with van der Waals surface area (Å²) in [6, 6.07) is 14.6. The molecule has 120 valence electrons. The van der Waals surface area contributed by atoms with Crippen molar-refractivity contribution in [1.82, 2.24) is 4.90 Å². The van der Waals surface area contributed by atoms with Crippen LogP contribution >= 0.6 is 23.2 Å². The molecule has 2 aromatic carbocycles. The minimum Gasteiger partial charge on any atom is -0.410 e. The van der Waals surface area contributed by atoms with Crippen LogP contribution in [0.15, 0.2) is 58.7 Å². The Labute approximate surface area is 145 Å². The van der Waals surface area contributed by atoms with Gasteiger partial charge in [0.25, 0.3) is 0 Å². The minimum atomic E-state index is 0.270. The fraction of sp³-hybridized carbons (Fsp3) is 0.176. The number of halogens is 2. The zero-order chi connectivity index (χ0) is 16.8. The molecule has 23 heavy (non-hydrogen) atoms. The van der Waals surface area contributed by atoms with E-state index in [4.69, 9.17) is 23.2 Å². The molecule has 0 aromatic heterocycles. The zero-order valence-electron chi connectivity index (χ0n) is 12.9. The SMILES string of the molecule is CN(C)C(CCl)=Nc1ccc(Cl)cc1/C(=N/O)c1ccccc1. The van der Waals surface area contributed by atoms with Crippen molar-refractivity contribution in [3.8, 4) is 0 Å². The van der Waals surface area contributed by atoms with Crippen LogP contribution in [0.5, 0.6) is 0 Å². The molecule has 0 amide bonds. The molecule has 0 saturated heterocycles. The van der Waals surface area contributed by atoms with E-state index in [0.29, 0.717) is 27.8 Å². The molecule has 0 saturated carbocycles. The number of alkyl halides is 1. The molecular weight excluding hydrogens is 333 g/mol. The third-order valence-electron chi connectivity index (χ3n) is 3.25. The highest BCUT2D eigenvalue weighted by Gasteiger charge is 2.14. The Hall–Kier alpha value is -2.04. The van der Waals surface area contributed by atoms with Gasteiger partial charge in [0.05, 0.1) is 11.6 Å². The summed E-state index contributed by atoms with van der Waals surface area (Å²) in [5, 5.41) is 13.5. The van der Waals surface area contributed by atoms with E-state index in [9.17, 15) is 5.21 Å². The van der Waals surface area contributed by atoms with Gasteiger partial charge in [0.15, 0.2) is 0 Å².